The number of benzene rings is 1. The van der Waals surface area contributed by atoms with E-state index in [4.69, 9.17) is 0 Å². The third-order valence-electron chi connectivity index (χ3n) is 3.87. The molecule has 2 N–H and O–H groups in total. The molecule has 1 aliphatic heterocycles. The zero-order valence-electron chi connectivity index (χ0n) is 12.0. The van der Waals surface area contributed by atoms with Crippen molar-refractivity contribution in [3.05, 3.63) is 35.9 Å². The summed E-state index contributed by atoms with van der Waals surface area (Å²) < 4.78 is 0. The number of piperidine rings is 1. The lowest BCUT2D eigenvalue weighted by Crippen LogP contribution is -2.53. The number of aliphatic hydroxyl groups excluding tert-OH is 1. The molecule has 2 unspecified atom stereocenters. The van der Waals surface area contributed by atoms with E-state index in [2.05, 4.69) is 54.4 Å². The number of rotatable bonds is 5. The van der Waals surface area contributed by atoms with Crippen molar-refractivity contribution in [2.45, 2.75) is 38.9 Å². The van der Waals surface area contributed by atoms with E-state index in [0.29, 0.717) is 24.6 Å². The fourth-order valence-corrected chi connectivity index (χ4v) is 2.89. The van der Waals surface area contributed by atoms with E-state index in [1.54, 1.807) is 0 Å². The first-order chi connectivity index (χ1) is 9.19. The number of aliphatic hydroxyl groups is 1. The van der Waals surface area contributed by atoms with Crippen LogP contribution in [-0.2, 0) is 6.54 Å². The molecule has 1 aliphatic rings. The van der Waals surface area contributed by atoms with Gasteiger partial charge in [-0.2, -0.15) is 0 Å². The van der Waals surface area contributed by atoms with Crippen LogP contribution in [0, 0.1) is 5.92 Å². The van der Waals surface area contributed by atoms with Crippen molar-refractivity contribution in [2.24, 2.45) is 5.92 Å². The number of likely N-dealkylation sites (tertiary alicyclic amines) is 1. The third kappa shape index (κ3) is 4.30. The van der Waals surface area contributed by atoms with E-state index in [-0.39, 0.29) is 0 Å². The summed E-state index contributed by atoms with van der Waals surface area (Å²) >= 11 is 0. The molecule has 0 aromatic heterocycles. The monoisotopic (exact) mass is 262 g/mol. The van der Waals surface area contributed by atoms with Gasteiger partial charge in [-0.25, -0.2) is 0 Å². The molecular formula is C16H26N2O. The van der Waals surface area contributed by atoms with Gasteiger partial charge in [0.2, 0.25) is 0 Å². The highest BCUT2D eigenvalue weighted by Gasteiger charge is 2.28. The van der Waals surface area contributed by atoms with Gasteiger partial charge < -0.3 is 10.4 Å². The largest absolute Gasteiger partial charge is 0.396 e. The Hall–Kier alpha value is -0.900. The van der Waals surface area contributed by atoms with Crippen LogP contribution in [0.3, 0.4) is 0 Å². The van der Waals surface area contributed by atoms with Crippen molar-refractivity contribution >= 4 is 0 Å². The van der Waals surface area contributed by atoms with Gasteiger partial charge in [0.05, 0.1) is 0 Å². The highest BCUT2D eigenvalue weighted by molar-refractivity contribution is 5.14. The van der Waals surface area contributed by atoms with Crippen LogP contribution in [0.25, 0.3) is 0 Å². The SMILES string of the molecule is CC(C)NC1CN(Cc2ccccc2)CCC1CO. The molecule has 1 saturated heterocycles. The standard InChI is InChI=1S/C16H26N2O/c1-13(2)17-16-11-18(9-8-15(16)12-19)10-14-6-4-3-5-7-14/h3-7,13,15-17,19H,8-12H2,1-2H3. The predicted octanol–water partition coefficient (Wildman–Crippen LogP) is 1.87. The Morgan fingerprint density at radius 1 is 1.32 bits per heavy atom. The average Bonchev–Trinajstić information content (AvgIpc) is 2.39. The van der Waals surface area contributed by atoms with Gasteiger partial charge in [0, 0.05) is 31.8 Å². The Balaban J connectivity index is 1.93. The molecule has 2 rings (SSSR count). The Morgan fingerprint density at radius 2 is 2.05 bits per heavy atom. The summed E-state index contributed by atoms with van der Waals surface area (Å²) in [4.78, 5) is 2.49. The molecule has 0 bridgehead atoms. The first kappa shape index (κ1) is 14.5. The van der Waals surface area contributed by atoms with E-state index >= 15 is 0 Å². The molecule has 0 aliphatic carbocycles. The maximum absolute atomic E-state index is 9.49. The summed E-state index contributed by atoms with van der Waals surface area (Å²) in [6, 6.07) is 11.5. The lowest BCUT2D eigenvalue weighted by molar-refractivity contribution is 0.0877. The quantitative estimate of drug-likeness (QED) is 0.850. The number of hydrogen-bond donors (Lipinski definition) is 2. The smallest absolute Gasteiger partial charge is 0.0475 e. The zero-order chi connectivity index (χ0) is 13.7. The summed E-state index contributed by atoms with van der Waals surface area (Å²) in [5.41, 5.74) is 1.37. The molecule has 3 nitrogen and oxygen atoms in total. The minimum Gasteiger partial charge on any atom is -0.396 e. The van der Waals surface area contributed by atoms with Crippen LogP contribution in [0.15, 0.2) is 30.3 Å². The maximum atomic E-state index is 9.49. The molecule has 0 spiro atoms. The van der Waals surface area contributed by atoms with Crippen LogP contribution in [0.2, 0.25) is 0 Å². The van der Waals surface area contributed by atoms with Gasteiger partial charge in [-0.1, -0.05) is 44.2 Å². The summed E-state index contributed by atoms with van der Waals surface area (Å²) in [5, 5.41) is 13.1. The Labute approximate surface area is 116 Å². The van der Waals surface area contributed by atoms with Crippen molar-refractivity contribution in [1.29, 1.82) is 0 Å². The average molecular weight is 262 g/mol. The molecule has 1 fully saturated rings. The third-order valence-corrected chi connectivity index (χ3v) is 3.87. The molecule has 3 heteroatoms. The summed E-state index contributed by atoms with van der Waals surface area (Å²) in [5.74, 6) is 0.398. The van der Waals surface area contributed by atoms with Crippen molar-refractivity contribution in [1.82, 2.24) is 10.2 Å². The van der Waals surface area contributed by atoms with Gasteiger partial charge in [0.1, 0.15) is 0 Å². The molecule has 1 heterocycles. The van der Waals surface area contributed by atoms with E-state index < -0.39 is 0 Å². The van der Waals surface area contributed by atoms with Gasteiger partial charge >= 0.3 is 0 Å². The topological polar surface area (TPSA) is 35.5 Å². The van der Waals surface area contributed by atoms with Crippen LogP contribution in [-0.4, -0.2) is 41.8 Å². The molecule has 106 valence electrons. The first-order valence-corrected chi connectivity index (χ1v) is 7.32. The van der Waals surface area contributed by atoms with Crippen LogP contribution in [0.4, 0.5) is 0 Å². The van der Waals surface area contributed by atoms with Gasteiger partial charge in [-0.3, -0.25) is 4.90 Å². The van der Waals surface area contributed by atoms with Crippen LogP contribution in [0.1, 0.15) is 25.8 Å². The van der Waals surface area contributed by atoms with Crippen molar-refractivity contribution in [2.75, 3.05) is 19.7 Å². The van der Waals surface area contributed by atoms with Gasteiger partial charge in [-0.15, -0.1) is 0 Å². The molecule has 0 amide bonds. The Morgan fingerprint density at radius 3 is 2.68 bits per heavy atom. The number of nitrogens with one attached hydrogen (secondary N) is 1. The molecule has 2 atom stereocenters. The van der Waals surface area contributed by atoms with Crippen molar-refractivity contribution in [3.63, 3.8) is 0 Å². The lowest BCUT2D eigenvalue weighted by Gasteiger charge is -2.39. The Kier molecular flexibility index (Phi) is 5.37. The minimum atomic E-state index is 0.295. The maximum Gasteiger partial charge on any atom is 0.0475 e. The van der Waals surface area contributed by atoms with Gasteiger partial charge in [0.15, 0.2) is 0 Å². The fraction of sp³-hybridized carbons (Fsp3) is 0.625. The lowest BCUT2D eigenvalue weighted by atomic mass is 9.91. The molecule has 0 saturated carbocycles. The molecular weight excluding hydrogens is 236 g/mol. The number of hydrogen-bond acceptors (Lipinski definition) is 3. The first-order valence-electron chi connectivity index (χ1n) is 7.32. The second-order valence-electron chi connectivity index (χ2n) is 5.88. The van der Waals surface area contributed by atoms with E-state index in [1.807, 2.05) is 0 Å². The second kappa shape index (κ2) is 7.04. The van der Waals surface area contributed by atoms with E-state index in [9.17, 15) is 5.11 Å². The van der Waals surface area contributed by atoms with Crippen LogP contribution in [0.5, 0.6) is 0 Å². The summed E-state index contributed by atoms with van der Waals surface area (Å²) in [7, 11) is 0. The fourth-order valence-electron chi connectivity index (χ4n) is 2.89. The summed E-state index contributed by atoms with van der Waals surface area (Å²) in [6.07, 6.45) is 1.08. The minimum absolute atomic E-state index is 0.295. The normalized spacial score (nSPS) is 24.8. The van der Waals surface area contributed by atoms with Crippen molar-refractivity contribution < 1.29 is 5.11 Å². The molecule has 1 aromatic carbocycles. The van der Waals surface area contributed by atoms with Gasteiger partial charge in [0.25, 0.3) is 0 Å². The van der Waals surface area contributed by atoms with Crippen LogP contribution < -0.4 is 5.32 Å². The highest BCUT2D eigenvalue weighted by Crippen LogP contribution is 2.19. The van der Waals surface area contributed by atoms with E-state index in [0.717, 1.165) is 26.1 Å². The molecule has 1 aromatic rings. The van der Waals surface area contributed by atoms with Crippen molar-refractivity contribution in [3.8, 4) is 0 Å². The number of nitrogens with zero attached hydrogens (tertiary/aromatic N) is 1. The zero-order valence-corrected chi connectivity index (χ0v) is 12.0. The predicted molar refractivity (Wildman–Crippen MR) is 79.0 cm³/mol. The van der Waals surface area contributed by atoms with Crippen LogP contribution >= 0.6 is 0 Å². The molecule has 0 radical (unpaired) electrons. The Bertz CT molecular complexity index is 366. The summed E-state index contributed by atoms with van der Waals surface area (Å²) in [6.45, 7) is 7.75. The van der Waals surface area contributed by atoms with E-state index in [1.165, 1.54) is 5.56 Å². The molecule has 19 heavy (non-hydrogen) atoms. The van der Waals surface area contributed by atoms with Gasteiger partial charge in [-0.05, 0) is 24.4 Å². The highest BCUT2D eigenvalue weighted by atomic mass is 16.3. The second-order valence-corrected chi connectivity index (χ2v) is 5.88.